The Bertz CT molecular complexity index is 632. The van der Waals surface area contributed by atoms with Gasteiger partial charge in [0, 0.05) is 37.7 Å². The Morgan fingerprint density at radius 2 is 1.96 bits per heavy atom. The van der Waals surface area contributed by atoms with Crippen LogP contribution in [0.25, 0.3) is 0 Å². The fourth-order valence-electron chi connectivity index (χ4n) is 3.15. The summed E-state index contributed by atoms with van der Waals surface area (Å²) in [7, 11) is 0. The van der Waals surface area contributed by atoms with Crippen molar-refractivity contribution in [1.29, 1.82) is 0 Å². The smallest absolute Gasteiger partial charge is 0.254 e. The van der Waals surface area contributed by atoms with Crippen LogP contribution >= 0.6 is 12.4 Å². The molecule has 2 saturated heterocycles. The van der Waals surface area contributed by atoms with E-state index in [9.17, 15) is 14.4 Å². The molecule has 0 aliphatic carbocycles. The molecule has 2 fully saturated rings. The van der Waals surface area contributed by atoms with Gasteiger partial charge in [0.2, 0.25) is 11.8 Å². The lowest BCUT2D eigenvalue weighted by Crippen LogP contribution is -2.52. The van der Waals surface area contributed by atoms with Gasteiger partial charge in [-0.15, -0.1) is 12.4 Å². The highest BCUT2D eigenvalue weighted by Crippen LogP contribution is 2.18. The second-order valence-electron chi connectivity index (χ2n) is 6.27. The molecule has 2 aliphatic rings. The Kier molecular flexibility index (Phi) is 5.96. The van der Waals surface area contributed by atoms with Crippen LogP contribution in [0.1, 0.15) is 29.3 Å². The minimum atomic E-state index is -0.294. The molecular formula is C17H22ClN3O3. The first-order valence-electron chi connectivity index (χ1n) is 7.99. The van der Waals surface area contributed by atoms with Gasteiger partial charge in [0.05, 0.1) is 5.92 Å². The number of nitrogens with one attached hydrogen (secondary N) is 2. The van der Waals surface area contributed by atoms with E-state index in [1.165, 1.54) is 0 Å². The maximum atomic E-state index is 12.6. The highest BCUT2D eigenvalue weighted by atomic mass is 35.5. The lowest BCUT2D eigenvalue weighted by Gasteiger charge is -2.34. The summed E-state index contributed by atoms with van der Waals surface area (Å²) >= 11 is 0. The molecule has 0 saturated carbocycles. The van der Waals surface area contributed by atoms with Crippen molar-refractivity contribution in [2.75, 3.05) is 19.6 Å². The maximum absolute atomic E-state index is 12.6. The summed E-state index contributed by atoms with van der Waals surface area (Å²) in [5, 5.41) is 5.59. The first-order valence-corrected chi connectivity index (χ1v) is 7.99. The summed E-state index contributed by atoms with van der Waals surface area (Å²) in [5.41, 5.74) is 1.62. The zero-order chi connectivity index (χ0) is 16.4. The van der Waals surface area contributed by atoms with E-state index in [1.54, 1.807) is 12.1 Å². The summed E-state index contributed by atoms with van der Waals surface area (Å²) in [6.07, 6.45) is 0.772. The average Bonchev–Trinajstić information content (AvgIpc) is 2.85. The molecule has 0 aromatic heterocycles. The number of piperazine rings is 1. The third-order valence-electron chi connectivity index (χ3n) is 4.51. The van der Waals surface area contributed by atoms with Crippen LogP contribution in [0.3, 0.4) is 0 Å². The fourth-order valence-corrected chi connectivity index (χ4v) is 3.15. The van der Waals surface area contributed by atoms with Gasteiger partial charge in [0.15, 0.2) is 0 Å². The quantitative estimate of drug-likeness (QED) is 0.788. The summed E-state index contributed by atoms with van der Waals surface area (Å²) < 4.78 is 0. The summed E-state index contributed by atoms with van der Waals surface area (Å²) in [4.78, 5) is 37.3. The van der Waals surface area contributed by atoms with E-state index < -0.39 is 0 Å². The molecule has 7 heteroatoms. The lowest BCUT2D eigenvalue weighted by molar-refractivity contribution is -0.125. The van der Waals surface area contributed by atoms with Crippen LogP contribution in [0, 0.1) is 5.92 Å². The minimum Gasteiger partial charge on any atom is -0.333 e. The summed E-state index contributed by atoms with van der Waals surface area (Å²) in [6, 6.07) is 7.54. The van der Waals surface area contributed by atoms with Gasteiger partial charge in [-0.3, -0.25) is 19.7 Å². The number of imide groups is 1. The van der Waals surface area contributed by atoms with E-state index in [4.69, 9.17) is 0 Å². The van der Waals surface area contributed by atoms with E-state index in [1.807, 2.05) is 24.0 Å². The van der Waals surface area contributed by atoms with Gasteiger partial charge in [0.25, 0.3) is 5.91 Å². The van der Waals surface area contributed by atoms with E-state index in [2.05, 4.69) is 10.6 Å². The van der Waals surface area contributed by atoms with Crippen LogP contribution in [0.5, 0.6) is 0 Å². The van der Waals surface area contributed by atoms with Crippen molar-refractivity contribution in [2.24, 2.45) is 5.92 Å². The minimum absolute atomic E-state index is 0. The number of nitrogens with zero attached hydrogens (tertiary/aromatic N) is 1. The second-order valence-corrected chi connectivity index (χ2v) is 6.27. The van der Waals surface area contributed by atoms with Crippen LogP contribution in [-0.2, 0) is 16.0 Å². The van der Waals surface area contributed by atoms with E-state index in [-0.39, 0.29) is 48.5 Å². The van der Waals surface area contributed by atoms with Crippen molar-refractivity contribution in [2.45, 2.75) is 25.8 Å². The number of amides is 3. The molecule has 3 amide bonds. The molecule has 1 aromatic carbocycles. The lowest BCUT2D eigenvalue weighted by atomic mass is 9.97. The summed E-state index contributed by atoms with van der Waals surface area (Å²) in [5.74, 6) is -0.666. The Morgan fingerprint density at radius 3 is 2.54 bits per heavy atom. The maximum Gasteiger partial charge on any atom is 0.254 e. The number of carbonyl (C=O) groups is 3. The Labute approximate surface area is 147 Å². The van der Waals surface area contributed by atoms with E-state index in [0.717, 1.165) is 18.7 Å². The second kappa shape index (κ2) is 7.77. The predicted octanol–water partition coefficient (Wildman–Crippen LogP) is 0.748. The molecule has 0 radical (unpaired) electrons. The highest BCUT2D eigenvalue weighted by Gasteiger charge is 2.30. The van der Waals surface area contributed by atoms with Crippen LogP contribution in [0.4, 0.5) is 0 Å². The third kappa shape index (κ3) is 3.94. The number of halogens is 1. The Hall–Kier alpha value is -1.92. The first-order chi connectivity index (χ1) is 11.0. The predicted molar refractivity (Wildman–Crippen MR) is 92.0 cm³/mol. The number of benzene rings is 1. The summed E-state index contributed by atoms with van der Waals surface area (Å²) in [6.45, 7) is 4.38. The molecule has 0 bridgehead atoms. The standard InChI is InChI=1S/C17H21N3O3.ClH/c1-11-10-18-6-7-20(11)17(23)13-4-2-12(3-5-13)8-14-9-15(21)19-16(14)22;/h2-5,11,14,18H,6-10H2,1H3,(H,19,21,22);1H. The van der Waals surface area contributed by atoms with Gasteiger partial charge in [0.1, 0.15) is 0 Å². The molecule has 24 heavy (non-hydrogen) atoms. The van der Waals surface area contributed by atoms with Crippen molar-refractivity contribution >= 4 is 30.1 Å². The van der Waals surface area contributed by atoms with Crippen LogP contribution < -0.4 is 10.6 Å². The fraction of sp³-hybridized carbons (Fsp3) is 0.471. The molecule has 6 nitrogen and oxygen atoms in total. The first kappa shape index (κ1) is 18.4. The van der Waals surface area contributed by atoms with E-state index >= 15 is 0 Å². The van der Waals surface area contributed by atoms with Crippen LogP contribution in [0.15, 0.2) is 24.3 Å². The third-order valence-corrected chi connectivity index (χ3v) is 4.51. The number of hydrogen-bond acceptors (Lipinski definition) is 4. The van der Waals surface area contributed by atoms with Crippen molar-refractivity contribution in [1.82, 2.24) is 15.5 Å². The molecule has 2 unspecified atom stereocenters. The van der Waals surface area contributed by atoms with Crippen molar-refractivity contribution in [3.8, 4) is 0 Å². The monoisotopic (exact) mass is 351 g/mol. The van der Waals surface area contributed by atoms with E-state index in [0.29, 0.717) is 18.5 Å². The van der Waals surface area contributed by atoms with Gasteiger partial charge >= 0.3 is 0 Å². The number of carbonyl (C=O) groups excluding carboxylic acids is 3. The normalized spacial score (nSPS) is 23.6. The molecule has 130 valence electrons. The van der Waals surface area contributed by atoms with Gasteiger partial charge in [-0.2, -0.15) is 0 Å². The SMILES string of the molecule is CC1CNCCN1C(=O)c1ccc(CC2CC(=O)NC2=O)cc1.Cl. The molecule has 2 heterocycles. The largest absolute Gasteiger partial charge is 0.333 e. The molecule has 3 rings (SSSR count). The molecule has 1 aromatic rings. The Morgan fingerprint density at radius 1 is 1.25 bits per heavy atom. The molecule has 2 atom stereocenters. The van der Waals surface area contributed by atoms with Gasteiger partial charge in [-0.1, -0.05) is 12.1 Å². The molecule has 0 spiro atoms. The van der Waals surface area contributed by atoms with Crippen molar-refractivity contribution in [3.63, 3.8) is 0 Å². The molecular weight excluding hydrogens is 330 g/mol. The zero-order valence-electron chi connectivity index (χ0n) is 13.6. The highest BCUT2D eigenvalue weighted by molar-refractivity contribution is 6.03. The Balaban J connectivity index is 0.00000208. The topological polar surface area (TPSA) is 78.5 Å². The zero-order valence-corrected chi connectivity index (χ0v) is 14.4. The van der Waals surface area contributed by atoms with Gasteiger partial charge in [-0.25, -0.2) is 0 Å². The van der Waals surface area contributed by atoms with Crippen LogP contribution in [0.2, 0.25) is 0 Å². The van der Waals surface area contributed by atoms with Gasteiger partial charge in [-0.05, 0) is 31.0 Å². The van der Waals surface area contributed by atoms with Crippen molar-refractivity contribution in [3.05, 3.63) is 35.4 Å². The molecule has 2 aliphatic heterocycles. The number of hydrogen-bond donors (Lipinski definition) is 2. The van der Waals surface area contributed by atoms with Crippen LogP contribution in [-0.4, -0.2) is 48.3 Å². The van der Waals surface area contributed by atoms with Crippen molar-refractivity contribution < 1.29 is 14.4 Å². The molecule has 2 N–H and O–H groups in total. The average molecular weight is 352 g/mol. The number of rotatable bonds is 3. The van der Waals surface area contributed by atoms with Gasteiger partial charge < -0.3 is 10.2 Å².